The SMILES string of the molecule is CN=C(NC)NC1CC(c2ccc(Br)cc2)C1. The van der Waals surface area contributed by atoms with Crippen LogP contribution in [-0.2, 0) is 0 Å². The van der Waals surface area contributed by atoms with Crippen LogP contribution in [0, 0.1) is 0 Å². The molecule has 0 radical (unpaired) electrons. The fraction of sp³-hybridized carbons (Fsp3) is 0.462. The van der Waals surface area contributed by atoms with Crippen LogP contribution in [0.25, 0.3) is 0 Å². The van der Waals surface area contributed by atoms with Crippen LogP contribution in [-0.4, -0.2) is 26.1 Å². The van der Waals surface area contributed by atoms with Gasteiger partial charge in [-0.05, 0) is 36.5 Å². The third-order valence-corrected chi connectivity index (χ3v) is 3.81. The Labute approximate surface area is 111 Å². The highest BCUT2D eigenvalue weighted by Crippen LogP contribution is 2.37. The summed E-state index contributed by atoms with van der Waals surface area (Å²) in [4.78, 5) is 4.13. The van der Waals surface area contributed by atoms with Crippen LogP contribution in [0.3, 0.4) is 0 Å². The van der Waals surface area contributed by atoms with Gasteiger partial charge in [-0.25, -0.2) is 0 Å². The Morgan fingerprint density at radius 3 is 2.47 bits per heavy atom. The summed E-state index contributed by atoms with van der Waals surface area (Å²) in [6.07, 6.45) is 2.37. The number of aliphatic imine (C=N–C) groups is 1. The Morgan fingerprint density at radius 2 is 1.94 bits per heavy atom. The van der Waals surface area contributed by atoms with E-state index in [4.69, 9.17) is 0 Å². The van der Waals surface area contributed by atoms with Crippen LogP contribution in [0.2, 0.25) is 0 Å². The van der Waals surface area contributed by atoms with Crippen molar-refractivity contribution in [1.29, 1.82) is 0 Å². The van der Waals surface area contributed by atoms with Gasteiger partial charge in [-0.1, -0.05) is 28.1 Å². The molecule has 0 amide bonds. The molecular weight excluding hydrogens is 278 g/mol. The minimum absolute atomic E-state index is 0.551. The maximum Gasteiger partial charge on any atom is 0.190 e. The fourth-order valence-electron chi connectivity index (χ4n) is 2.18. The van der Waals surface area contributed by atoms with Crippen molar-refractivity contribution >= 4 is 21.9 Å². The molecule has 1 aliphatic carbocycles. The maximum atomic E-state index is 4.13. The molecule has 0 bridgehead atoms. The summed E-state index contributed by atoms with van der Waals surface area (Å²) in [6, 6.07) is 9.19. The average molecular weight is 296 g/mol. The molecule has 92 valence electrons. The summed E-state index contributed by atoms with van der Waals surface area (Å²) in [5.74, 6) is 1.57. The van der Waals surface area contributed by atoms with Gasteiger partial charge in [-0.2, -0.15) is 0 Å². The molecular formula is C13H18BrN3. The fourth-order valence-corrected chi connectivity index (χ4v) is 2.45. The average Bonchev–Trinajstić information content (AvgIpc) is 2.30. The van der Waals surface area contributed by atoms with Gasteiger partial charge in [0.15, 0.2) is 5.96 Å². The molecule has 2 rings (SSSR count). The zero-order chi connectivity index (χ0) is 12.3. The topological polar surface area (TPSA) is 36.4 Å². The van der Waals surface area contributed by atoms with Crippen molar-refractivity contribution in [2.45, 2.75) is 24.8 Å². The van der Waals surface area contributed by atoms with Gasteiger partial charge in [0, 0.05) is 24.6 Å². The molecule has 1 aromatic carbocycles. The molecule has 0 saturated heterocycles. The van der Waals surface area contributed by atoms with E-state index in [1.807, 2.05) is 7.05 Å². The van der Waals surface area contributed by atoms with E-state index in [9.17, 15) is 0 Å². The minimum atomic E-state index is 0.551. The van der Waals surface area contributed by atoms with Crippen LogP contribution in [0.4, 0.5) is 0 Å². The number of hydrogen-bond acceptors (Lipinski definition) is 1. The number of benzene rings is 1. The minimum Gasteiger partial charge on any atom is -0.359 e. The van der Waals surface area contributed by atoms with Crippen LogP contribution < -0.4 is 10.6 Å². The number of hydrogen-bond donors (Lipinski definition) is 2. The molecule has 0 atom stereocenters. The summed E-state index contributed by atoms with van der Waals surface area (Å²) in [6.45, 7) is 0. The second kappa shape index (κ2) is 5.54. The van der Waals surface area contributed by atoms with Crippen molar-refractivity contribution in [3.63, 3.8) is 0 Å². The lowest BCUT2D eigenvalue weighted by Gasteiger charge is -2.36. The first-order valence-corrected chi connectivity index (χ1v) is 6.68. The summed E-state index contributed by atoms with van der Waals surface area (Å²) >= 11 is 3.46. The summed E-state index contributed by atoms with van der Waals surface area (Å²) < 4.78 is 1.14. The van der Waals surface area contributed by atoms with E-state index < -0.39 is 0 Å². The number of nitrogens with one attached hydrogen (secondary N) is 2. The van der Waals surface area contributed by atoms with Crippen LogP contribution in [0.1, 0.15) is 24.3 Å². The van der Waals surface area contributed by atoms with E-state index in [0.29, 0.717) is 12.0 Å². The van der Waals surface area contributed by atoms with Crippen LogP contribution in [0.15, 0.2) is 33.7 Å². The van der Waals surface area contributed by atoms with E-state index in [0.717, 1.165) is 10.4 Å². The Bertz CT molecular complexity index is 394. The predicted octanol–water partition coefficient (Wildman–Crippen LogP) is 2.49. The molecule has 4 heteroatoms. The Kier molecular flexibility index (Phi) is 4.05. The molecule has 0 heterocycles. The van der Waals surface area contributed by atoms with E-state index in [1.54, 1.807) is 7.05 Å². The Balaban J connectivity index is 1.84. The molecule has 2 N–H and O–H groups in total. The lowest BCUT2D eigenvalue weighted by molar-refractivity contribution is 0.322. The smallest absolute Gasteiger partial charge is 0.190 e. The second-order valence-corrected chi connectivity index (χ2v) is 5.30. The van der Waals surface area contributed by atoms with Gasteiger partial charge in [0.1, 0.15) is 0 Å². The molecule has 3 nitrogen and oxygen atoms in total. The molecule has 1 aromatic rings. The lowest BCUT2D eigenvalue weighted by atomic mass is 9.76. The molecule has 0 unspecified atom stereocenters. The number of rotatable bonds is 2. The Hall–Kier alpha value is -1.03. The second-order valence-electron chi connectivity index (χ2n) is 4.38. The van der Waals surface area contributed by atoms with Crippen molar-refractivity contribution in [1.82, 2.24) is 10.6 Å². The highest BCUT2D eigenvalue weighted by molar-refractivity contribution is 9.10. The van der Waals surface area contributed by atoms with Crippen molar-refractivity contribution < 1.29 is 0 Å². The highest BCUT2D eigenvalue weighted by Gasteiger charge is 2.30. The summed E-state index contributed by atoms with van der Waals surface area (Å²) in [5, 5.41) is 6.44. The van der Waals surface area contributed by atoms with E-state index in [1.165, 1.54) is 18.4 Å². The van der Waals surface area contributed by atoms with Gasteiger partial charge in [0.2, 0.25) is 0 Å². The van der Waals surface area contributed by atoms with Gasteiger partial charge >= 0.3 is 0 Å². The van der Waals surface area contributed by atoms with Gasteiger partial charge in [0.05, 0.1) is 0 Å². The number of halogens is 1. The van der Waals surface area contributed by atoms with E-state index >= 15 is 0 Å². The monoisotopic (exact) mass is 295 g/mol. The molecule has 1 aliphatic rings. The zero-order valence-corrected chi connectivity index (χ0v) is 11.8. The van der Waals surface area contributed by atoms with Gasteiger partial charge in [-0.3, -0.25) is 4.99 Å². The third kappa shape index (κ3) is 3.00. The van der Waals surface area contributed by atoms with Crippen molar-refractivity contribution in [3.8, 4) is 0 Å². The Morgan fingerprint density at radius 1 is 1.29 bits per heavy atom. The first-order chi connectivity index (χ1) is 8.22. The van der Waals surface area contributed by atoms with Gasteiger partial charge in [0.25, 0.3) is 0 Å². The summed E-state index contributed by atoms with van der Waals surface area (Å²) in [5.41, 5.74) is 1.44. The van der Waals surface area contributed by atoms with Gasteiger partial charge in [-0.15, -0.1) is 0 Å². The summed E-state index contributed by atoms with van der Waals surface area (Å²) in [7, 11) is 3.68. The van der Waals surface area contributed by atoms with Gasteiger partial charge < -0.3 is 10.6 Å². The van der Waals surface area contributed by atoms with Crippen LogP contribution >= 0.6 is 15.9 Å². The van der Waals surface area contributed by atoms with E-state index in [2.05, 4.69) is 55.8 Å². The largest absolute Gasteiger partial charge is 0.359 e. The number of guanidine groups is 1. The molecule has 1 fully saturated rings. The molecule has 1 saturated carbocycles. The first kappa shape index (κ1) is 12.4. The van der Waals surface area contributed by atoms with Crippen molar-refractivity contribution in [2.75, 3.05) is 14.1 Å². The van der Waals surface area contributed by atoms with Crippen LogP contribution in [0.5, 0.6) is 0 Å². The van der Waals surface area contributed by atoms with Crippen molar-refractivity contribution in [2.24, 2.45) is 4.99 Å². The normalized spacial score (nSPS) is 24.1. The number of nitrogens with zero attached hydrogens (tertiary/aromatic N) is 1. The lowest BCUT2D eigenvalue weighted by Crippen LogP contribution is -2.47. The molecule has 0 aromatic heterocycles. The zero-order valence-electron chi connectivity index (χ0n) is 10.2. The molecule has 0 spiro atoms. The molecule has 17 heavy (non-hydrogen) atoms. The van der Waals surface area contributed by atoms with Crippen molar-refractivity contribution in [3.05, 3.63) is 34.3 Å². The third-order valence-electron chi connectivity index (χ3n) is 3.28. The standard InChI is InChI=1S/C13H18BrN3/c1-15-13(16-2)17-12-7-10(8-12)9-3-5-11(14)6-4-9/h3-6,10,12H,7-8H2,1-2H3,(H2,15,16,17). The van der Waals surface area contributed by atoms with E-state index in [-0.39, 0.29) is 0 Å². The quantitative estimate of drug-likeness (QED) is 0.650. The highest BCUT2D eigenvalue weighted by atomic mass is 79.9. The maximum absolute atomic E-state index is 4.13. The first-order valence-electron chi connectivity index (χ1n) is 5.89. The molecule has 0 aliphatic heterocycles. The predicted molar refractivity (Wildman–Crippen MR) is 75.5 cm³/mol.